The van der Waals surface area contributed by atoms with Crippen molar-refractivity contribution in [3.63, 3.8) is 0 Å². The molecular weight excluding hydrogens is 224 g/mol. The van der Waals surface area contributed by atoms with E-state index in [1.165, 1.54) is 38.5 Å². The molecule has 0 N–H and O–H groups in total. The van der Waals surface area contributed by atoms with Gasteiger partial charge in [0.25, 0.3) is 0 Å². The summed E-state index contributed by atoms with van der Waals surface area (Å²) in [4.78, 5) is 11.2. The summed E-state index contributed by atoms with van der Waals surface area (Å²) in [5.41, 5.74) is 0. The van der Waals surface area contributed by atoms with Crippen LogP contribution in [0, 0.1) is 0 Å². The first-order chi connectivity index (χ1) is 8.81. The maximum absolute atomic E-state index is 11.2. The van der Waals surface area contributed by atoms with Crippen molar-refractivity contribution in [1.29, 1.82) is 0 Å². The van der Waals surface area contributed by atoms with Gasteiger partial charge in [0.05, 0.1) is 0 Å². The number of esters is 1. The second kappa shape index (κ2) is 14.0. The molecule has 2 heteroatoms. The lowest BCUT2D eigenvalue weighted by Crippen LogP contribution is -2.03. The zero-order valence-electron chi connectivity index (χ0n) is 11.7. The molecule has 0 unspecified atom stereocenters. The van der Waals surface area contributed by atoms with Crippen molar-refractivity contribution in [2.45, 2.75) is 64.2 Å². The fourth-order valence-corrected chi connectivity index (χ4v) is 1.84. The van der Waals surface area contributed by atoms with E-state index in [9.17, 15) is 4.79 Å². The van der Waals surface area contributed by atoms with Crippen LogP contribution in [0.4, 0.5) is 0 Å². The first-order valence-corrected chi connectivity index (χ1v) is 7.18. The molecule has 0 amide bonds. The minimum atomic E-state index is -0.0978. The zero-order chi connectivity index (χ0) is 13.5. The van der Waals surface area contributed by atoms with Crippen LogP contribution >= 0.6 is 0 Å². The zero-order valence-corrected chi connectivity index (χ0v) is 11.7. The van der Waals surface area contributed by atoms with Gasteiger partial charge in [-0.05, 0) is 19.3 Å². The van der Waals surface area contributed by atoms with Crippen LogP contribution in [0.25, 0.3) is 0 Å². The smallest absolute Gasteiger partial charge is 0.306 e. The van der Waals surface area contributed by atoms with Gasteiger partial charge in [0.2, 0.25) is 0 Å². The first kappa shape index (κ1) is 16.9. The third-order valence-electron chi connectivity index (χ3n) is 2.90. The molecule has 0 atom stereocenters. The lowest BCUT2D eigenvalue weighted by molar-refractivity contribution is -0.142. The van der Waals surface area contributed by atoms with Crippen molar-refractivity contribution >= 4 is 5.97 Å². The summed E-state index contributed by atoms with van der Waals surface area (Å²) in [6.45, 7) is 7.56. The fourth-order valence-electron chi connectivity index (χ4n) is 1.84. The Morgan fingerprint density at radius 3 is 1.94 bits per heavy atom. The lowest BCUT2D eigenvalue weighted by Gasteiger charge is -2.02. The highest BCUT2D eigenvalue weighted by atomic mass is 16.5. The van der Waals surface area contributed by atoms with Crippen LogP contribution in [-0.4, -0.2) is 12.6 Å². The summed E-state index contributed by atoms with van der Waals surface area (Å²) < 4.78 is 4.91. The molecule has 0 fully saturated rings. The summed E-state index contributed by atoms with van der Waals surface area (Å²) in [6.07, 6.45) is 15.1. The Labute approximate surface area is 112 Å². The number of allylic oxidation sites excluding steroid dienone is 1. The van der Waals surface area contributed by atoms with E-state index in [4.69, 9.17) is 4.74 Å². The van der Waals surface area contributed by atoms with Gasteiger partial charge in [-0.1, -0.05) is 57.3 Å². The van der Waals surface area contributed by atoms with Gasteiger partial charge >= 0.3 is 5.97 Å². The first-order valence-electron chi connectivity index (χ1n) is 7.18. The highest BCUT2D eigenvalue weighted by Crippen LogP contribution is 2.10. The van der Waals surface area contributed by atoms with Crippen molar-refractivity contribution in [3.8, 4) is 0 Å². The van der Waals surface area contributed by atoms with Crippen LogP contribution < -0.4 is 0 Å². The van der Waals surface area contributed by atoms with Crippen LogP contribution in [-0.2, 0) is 9.53 Å². The topological polar surface area (TPSA) is 26.3 Å². The van der Waals surface area contributed by atoms with Gasteiger partial charge in [-0.2, -0.15) is 0 Å². The summed E-state index contributed by atoms with van der Waals surface area (Å²) in [5.74, 6) is -0.0978. The van der Waals surface area contributed by atoms with Crippen LogP contribution in [0.5, 0.6) is 0 Å². The molecule has 0 aromatic heterocycles. The molecule has 2 nitrogen and oxygen atoms in total. The molecule has 0 aliphatic heterocycles. The molecule has 0 saturated carbocycles. The van der Waals surface area contributed by atoms with E-state index in [2.05, 4.69) is 13.2 Å². The molecule has 0 rings (SSSR count). The molecule has 0 radical (unpaired) electrons. The number of hydrogen-bond acceptors (Lipinski definition) is 2. The predicted molar refractivity (Wildman–Crippen MR) is 77.5 cm³/mol. The molecule has 0 saturated heterocycles. The summed E-state index contributed by atoms with van der Waals surface area (Å²) in [7, 11) is 0. The van der Waals surface area contributed by atoms with E-state index in [1.54, 1.807) is 6.08 Å². The van der Waals surface area contributed by atoms with E-state index in [0.29, 0.717) is 13.0 Å². The Bertz CT molecular complexity index is 221. The Morgan fingerprint density at radius 2 is 1.39 bits per heavy atom. The van der Waals surface area contributed by atoms with Crippen molar-refractivity contribution in [3.05, 3.63) is 25.3 Å². The number of rotatable bonds is 13. The molecule has 0 aromatic carbocycles. The quantitative estimate of drug-likeness (QED) is 0.267. The average Bonchev–Trinajstić information content (AvgIpc) is 2.38. The third-order valence-corrected chi connectivity index (χ3v) is 2.90. The molecule has 18 heavy (non-hydrogen) atoms. The number of ether oxygens (including phenoxy) is 1. The lowest BCUT2D eigenvalue weighted by atomic mass is 10.1. The standard InChI is InChI=1S/C16H28O2/c1-3-5-6-7-8-9-10-11-12-13-14-16(17)18-15-4-2/h3-4H,1-2,5-15H2. The highest BCUT2D eigenvalue weighted by Gasteiger charge is 2.00. The van der Waals surface area contributed by atoms with Gasteiger partial charge in [-0.15, -0.1) is 6.58 Å². The SMILES string of the molecule is C=CCCCCCCCCCCC(=O)OCC=C. The van der Waals surface area contributed by atoms with Gasteiger partial charge in [0.1, 0.15) is 6.61 Å². The minimum absolute atomic E-state index is 0.0978. The largest absolute Gasteiger partial charge is 0.461 e. The van der Waals surface area contributed by atoms with Gasteiger partial charge in [0.15, 0.2) is 0 Å². The van der Waals surface area contributed by atoms with Crippen LogP contribution in [0.1, 0.15) is 64.2 Å². The average molecular weight is 252 g/mol. The van der Waals surface area contributed by atoms with Gasteiger partial charge in [-0.25, -0.2) is 0 Å². The second-order valence-electron chi connectivity index (χ2n) is 4.63. The Morgan fingerprint density at radius 1 is 0.833 bits per heavy atom. The third kappa shape index (κ3) is 13.0. The number of carbonyl (C=O) groups is 1. The normalized spacial score (nSPS) is 10.0. The van der Waals surface area contributed by atoms with Gasteiger partial charge in [0, 0.05) is 6.42 Å². The second-order valence-corrected chi connectivity index (χ2v) is 4.63. The Kier molecular flexibility index (Phi) is 13.2. The highest BCUT2D eigenvalue weighted by molar-refractivity contribution is 5.69. The maximum Gasteiger partial charge on any atom is 0.306 e. The maximum atomic E-state index is 11.2. The van der Waals surface area contributed by atoms with Crippen LogP contribution in [0.2, 0.25) is 0 Å². The number of carbonyl (C=O) groups excluding carboxylic acids is 1. The minimum Gasteiger partial charge on any atom is -0.461 e. The van der Waals surface area contributed by atoms with E-state index < -0.39 is 0 Å². The fraction of sp³-hybridized carbons (Fsp3) is 0.688. The van der Waals surface area contributed by atoms with Crippen molar-refractivity contribution < 1.29 is 9.53 Å². The summed E-state index contributed by atoms with van der Waals surface area (Å²) in [6, 6.07) is 0. The molecule has 0 aliphatic carbocycles. The van der Waals surface area contributed by atoms with E-state index in [0.717, 1.165) is 19.3 Å². The van der Waals surface area contributed by atoms with E-state index in [1.807, 2.05) is 6.08 Å². The van der Waals surface area contributed by atoms with Gasteiger partial charge in [-0.3, -0.25) is 4.79 Å². The summed E-state index contributed by atoms with van der Waals surface area (Å²) in [5, 5.41) is 0. The van der Waals surface area contributed by atoms with Crippen LogP contribution in [0.15, 0.2) is 25.3 Å². The predicted octanol–water partition coefficient (Wildman–Crippen LogP) is 4.80. The molecule has 0 bridgehead atoms. The Hall–Kier alpha value is -1.05. The van der Waals surface area contributed by atoms with Crippen LogP contribution in [0.3, 0.4) is 0 Å². The molecular formula is C16H28O2. The number of hydrogen-bond donors (Lipinski definition) is 0. The number of unbranched alkanes of at least 4 members (excludes halogenated alkanes) is 8. The van der Waals surface area contributed by atoms with Gasteiger partial charge < -0.3 is 4.74 Å². The van der Waals surface area contributed by atoms with Crippen molar-refractivity contribution in [2.24, 2.45) is 0 Å². The van der Waals surface area contributed by atoms with E-state index in [-0.39, 0.29) is 5.97 Å². The monoisotopic (exact) mass is 252 g/mol. The summed E-state index contributed by atoms with van der Waals surface area (Å²) >= 11 is 0. The molecule has 0 aliphatic rings. The molecule has 104 valence electrons. The Balaban J connectivity index is 3.08. The van der Waals surface area contributed by atoms with E-state index >= 15 is 0 Å². The van der Waals surface area contributed by atoms with Crippen molar-refractivity contribution in [1.82, 2.24) is 0 Å². The molecule has 0 aromatic rings. The van der Waals surface area contributed by atoms with Crippen molar-refractivity contribution in [2.75, 3.05) is 6.61 Å². The molecule has 0 heterocycles. The molecule has 0 spiro atoms.